The van der Waals surface area contributed by atoms with Crippen LogP contribution in [0.3, 0.4) is 0 Å². The highest BCUT2D eigenvalue weighted by atomic mass is 32.1. The molecule has 5 rings (SSSR count). The Morgan fingerprint density at radius 3 is 3.33 bits per heavy atom. The van der Waals surface area contributed by atoms with Crippen LogP contribution in [0.2, 0.25) is 0 Å². The van der Waals surface area contributed by atoms with E-state index < -0.39 is 0 Å². The molecule has 0 bridgehead atoms. The monoisotopic (exact) mass is 344 g/mol. The van der Waals surface area contributed by atoms with Gasteiger partial charge in [0.25, 0.3) is 0 Å². The molecule has 0 unspecified atom stereocenters. The summed E-state index contributed by atoms with van der Waals surface area (Å²) in [6, 6.07) is 0.0550. The summed E-state index contributed by atoms with van der Waals surface area (Å²) in [5.74, 6) is 0.103. The second-order valence-electron chi connectivity index (χ2n) is 6.22. The second-order valence-corrected chi connectivity index (χ2v) is 7.09. The minimum atomic E-state index is 0.0550. The van der Waals surface area contributed by atoms with Crippen molar-refractivity contribution in [2.75, 3.05) is 13.1 Å². The minimum Gasteiger partial charge on any atom is -0.370 e. The molecule has 0 spiro atoms. The normalized spacial score (nSPS) is 23.2. The van der Waals surface area contributed by atoms with Gasteiger partial charge in [0.05, 0.1) is 42.8 Å². The van der Waals surface area contributed by atoms with Crippen LogP contribution >= 0.6 is 11.3 Å². The van der Waals surface area contributed by atoms with Crippen LogP contribution in [0.4, 0.5) is 0 Å². The van der Waals surface area contributed by atoms with Gasteiger partial charge < -0.3 is 9.64 Å². The van der Waals surface area contributed by atoms with Crippen molar-refractivity contribution in [2.45, 2.75) is 31.6 Å². The van der Waals surface area contributed by atoms with Crippen molar-refractivity contribution in [2.24, 2.45) is 0 Å². The van der Waals surface area contributed by atoms with E-state index >= 15 is 0 Å². The predicted molar refractivity (Wildman–Crippen MR) is 85.6 cm³/mol. The van der Waals surface area contributed by atoms with Crippen molar-refractivity contribution in [3.63, 3.8) is 0 Å². The molecule has 1 fully saturated rings. The van der Waals surface area contributed by atoms with Gasteiger partial charge in [-0.3, -0.25) is 9.20 Å². The van der Waals surface area contributed by atoms with Crippen LogP contribution in [-0.4, -0.2) is 54.4 Å². The number of piperidine rings is 1. The van der Waals surface area contributed by atoms with Crippen LogP contribution in [0.15, 0.2) is 24.0 Å². The lowest BCUT2D eigenvalue weighted by Gasteiger charge is -2.41. The third kappa shape index (κ3) is 2.23. The van der Waals surface area contributed by atoms with Crippen LogP contribution in [0.25, 0.3) is 4.96 Å². The molecule has 0 saturated carbocycles. The van der Waals surface area contributed by atoms with Gasteiger partial charge in [-0.1, -0.05) is 5.21 Å². The van der Waals surface area contributed by atoms with Crippen LogP contribution in [-0.2, 0) is 22.6 Å². The minimum absolute atomic E-state index is 0.0550. The first-order valence-electron chi connectivity index (χ1n) is 7.97. The number of amides is 1. The summed E-state index contributed by atoms with van der Waals surface area (Å²) in [6.45, 7) is 1.88. The van der Waals surface area contributed by atoms with E-state index in [0.717, 1.165) is 22.8 Å². The fourth-order valence-corrected chi connectivity index (χ4v) is 4.25. The Morgan fingerprint density at radius 2 is 2.42 bits per heavy atom. The molecular formula is C15H16N6O2S. The maximum Gasteiger partial charge on any atom is 0.228 e. The van der Waals surface area contributed by atoms with E-state index in [1.165, 1.54) is 0 Å². The first-order valence-corrected chi connectivity index (χ1v) is 8.85. The number of carbonyl (C=O) groups is 1. The van der Waals surface area contributed by atoms with E-state index in [1.54, 1.807) is 17.5 Å². The van der Waals surface area contributed by atoms with Crippen molar-refractivity contribution in [1.82, 2.24) is 29.3 Å². The lowest BCUT2D eigenvalue weighted by molar-refractivity contribution is -0.137. The fourth-order valence-electron chi connectivity index (χ4n) is 3.53. The largest absolute Gasteiger partial charge is 0.370 e. The molecule has 3 aromatic rings. The summed E-state index contributed by atoms with van der Waals surface area (Å²) in [4.78, 5) is 20.0. The van der Waals surface area contributed by atoms with Gasteiger partial charge in [-0.05, 0) is 6.42 Å². The smallest absolute Gasteiger partial charge is 0.228 e. The number of hydrogen-bond acceptors (Lipinski definition) is 6. The summed E-state index contributed by atoms with van der Waals surface area (Å²) in [5, 5.41) is 10.1. The zero-order chi connectivity index (χ0) is 16.1. The zero-order valence-corrected chi connectivity index (χ0v) is 13.7. The first-order chi connectivity index (χ1) is 11.8. The molecule has 1 amide bonds. The molecule has 9 heteroatoms. The fraction of sp³-hybridized carbons (Fsp3) is 0.467. The zero-order valence-electron chi connectivity index (χ0n) is 12.9. The number of likely N-dealkylation sites (tertiary alicyclic amines) is 1. The summed E-state index contributed by atoms with van der Waals surface area (Å²) in [6.07, 6.45) is 6.88. The van der Waals surface area contributed by atoms with Gasteiger partial charge >= 0.3 is 0 Å². The lowest BCUT2D eigenvalue weighted by atomic mass is 10.00. The van der Waals surface area contributed by atoms with E-state index in [9.17, 15) is 4.79 Å². The molecule has 0 aromatic carbocycles. The third-order valence-corrected chi connectivity index (χ3v) is 5.53. The Kier molecular flexibility index (Phi) is 3.17. The molecule has 1 saturated heterocycles. The molecule has 0 N–H and O–H groups in total. The molecule has 3 aromatic heterocycles. The summed E-state index contributed by atoms with van der Waals surface area (Å²) < 4.78 is 9.76. The molecule has 0 aliphatic carbocycles. The highest BCUT2D eigenvalue weighted by molar-refractivity contribution is 7.15. The molecule has 2 aliphatic rings. The van der Waals surface area contributed by atoms with Crippen LogP contribution in [0.5, 0.6) is 0 Å². The molecular weight excluding hydrogens is 328 g/mol. The maximum atomic E-state index is 12.7. The van der Waals surface area contributed by atoms with Gasteiger partial charge in [-0.25, -0.2) is 9.67 Å². The Morgan fingerprint density at radius 1 is 1.46 bits per heavy atom. The molecule has 0 radical (unpaired) electrons. The lowest BCUT2D eigenvalue weighted by Crippen LogP contribution is -2.50. The van der Waals surface area contributed by atoms with E-state index in [1.807, 2.05) is 31.8 Å². The quantitative estimate of drug-likeness (QED) is 0.690. The summed E-state index contributed by atoms with van der Waals surface area (Å²) in [5.41, 5.74) is 1.79. The number of aromatic nitrogens is 5. The molecule has 5 heterocycles. The van der Waals surface area contributed by atoms with Gasteiger partial charge in [0.15, 0.2) is 4.96 Å². The molecule has 124 valence electrons. The standard InChI is InChI=1S/C15H16N6O2S/c22-14(5-10-7-20-3-4-24-15(20)17-10)19-2-1-13-12(8-19)21-11(9-23-13)6-16-18-21/h3-4,6-7,12-13H,1-2,5,8-9H2/t12-,13+/m1/s1. The number of carbonyl (C=O) groups excluding carboxylic acids is 1. The topological polar surface area (TPSA) is 77.6 Å². The van der Waals surface area contributed by atoms with Crippen molar-refractivity contribution in [3.05, 3.63) is 35.4 Å². The molecule has 2 aliphatic heterocycles. The van der Waals surface area contributed by atoms with Gasteiger partial charge in [-0.2, -0.15) is 0 Å². The van der Waals surface area contributed by atoms with Gasteiger partial charge in [-0.15, -0.1) is 16.4 Å². The summed E-state index contributed by atoms with van der Waals surface area (Å²) in [7, 11) is 0. The number of nitrogens with zero attached hydrogens (tertiary/aromatic N) is 6. The number of ether oxygens (including phenoxy) is 1. The highest BCUT2D eigenvalue weighted by Crippen LogP contribution is 2.30. The van der Waals surface area contributed by atoms with Crippen molar-refractivity contribution in [1.29, 1.82) is 0 Å². The van der Waals surface area contributed by atoms with Crippen molar-refractivity contribution >= 4 is 22.2 Å². The average Bonchev–Trinajstić information content (AvgIpc) is 3.29. The van der Waals surface area contributed by atoms with E-state index in [4.69, 9.17) is 4.74 Å². The van der Waals surface area contributed by atoms with E-state index in [0.29, 0.717) is 26.1 Å². The summed E-state index contributed by atoms with van der Waals surface area (Å²) >= 11 is 1.57. The van der Waals surface area contributed by atoms with Crippen LogP contribution < -0.4 is 0 Å². The Hall–Kier alpha value is -2.26. The Bertz CT molecular complexity index is 870. The average molecular weight is 344 g/mol. The first kappa shape index (κ1) is 14.1. The van der Waals surface area contributed by atoms with Crippen LogP contribution in [0, 0.1) is 0 Å². The number of fused-ring (bicyclic) bond motifs is 4. The Balaban J connectivity index is 1.33. The molecule has 24 heavy (non-hydrogen) atoms. The number of hydrogen-bond donors (Lipinski definition) is 0. The van der Waals surface area contributed by atoms with Gasteiger partial charge in [0, 0.05) is 30.9 Å². The second kappa shape index (κ2) is 5.38. The van der Waals surface area contributed by atoms with E-state index in [2.05, 4.69) is 15.3 Å². The van der Waals surface area contributed by atoms with Crippen LogP contribution in [0.1, 0.15) is 23.9 Å². The van der Waals surface area contributed by atoms with Crippen molar-refractivity contribution < 1.29 is 9.53 Å². The van der Waals surface area contributed by atoms with Crippen molar-refractivity contribution in [3.8, 4) is 0 Å². The number of imidazole rings is 1. The molecule has 2 atom stereocenters. The SMILES string of the molecule is O=C(Cc1cn2ccsc2n1)N1CC[C@@H]2OCc3cnnn3[C@@H]2C1. The molecule has 8 nitrogen and oxygen atoms in total. The van der Waals surface area contributed by atoms with Gasteiger partial charge in [0.1, 0.15) is 0 Å². The van der Waals surface area contributed by atoms with E-state index in [-0.39, 0.29) is 18.1 Å². The highest BCUT2D eigenvalue weighted by Gasteiger charge is 2.37. The number of thiazole rings is 1. The predicted octanol–water partition coefficient (Wildman–Crippen LogP) is 0.902. The van der Waals surface area contributed by atoms with Gasteiger partial charge in [0.2, 0.25) is 5.91 Å². The number of rotatable bonds is 2. The third-order valence-electron chi connectivity index (χ3n) is 4.76. The maximum absolute atomic E-state index is 12.7. The Labute approximate surface area is 141 Å².